The molecule has 0 radical (unpaired) electrons. The van der Waals surface area contributed by atoms with Gasteiger partial charge in [0.1, 0.15) is 16.9 Å². The van der Waals surface area contributed by atoms with Gasteiger partial charge in [0.2, 0.25) is 5.91 Å². The van der Waals surface area contributed by atoms with Crippen LogP contribution in [0.2, 0.25) is 0 Å². The highest BCUT2D eigenvalue weighted by atomic mass is 16.5. The second-order valence-corrected chi connectivity index (χ2v) is 11.7. The second-order valence-electron chi connectivity index (χ2n) is 11.7. The highest BCUT2D eigenvalue weighted by Crippen LogP contribution is 2.40. The van der Waals surface area contributed by atoms with E-state index >= 15 is 0 Å². The Hall–Kier alpha value is -4.44. The molecule has 0 aliphatic carbocycles. The average Bonchev–Trinajstić information content (AvgIpc) is 3.01. The van der Waals surface area contributed by atoms with Crippen molar-refractivity contribution in [2.75, 3.05) is 38.8 Å². The van der Waals surface area contributed by atoms with Crippen molar-refractivity contribution in [3.05, 3.63) is 87.8 Å². The molecule has 0 saturated carbocycles. The molecule has 224 valence electrons. The SMILES string of the molecule is CCc1ccc(N2C(=O)NC(=O)C(Cc3ccc(OC)cc3OC)(CN3CC4CC(C3)c3cccc(=O)n3C4)C2=O)cc1. The minimum absolute atomic E-state index is 0.00574. The van der Waals surface area contributed by atoms with E-state index in [0.29, 0.717) is 42.4 Å². The summed E-state index contributed by atoms with van der Waals surface area (Å²) < 4.78 is 12.9. The summed E-state index contributed by atoms with van der Waals surface area (Å²) in [6.07, 6.45) is 1.77. The molecule has 3 atom stereocenters. The number of methoxy groups -OCH3 is 2. The van der Waals surface area contributed by atoms with Crippen molar-refractivity contribution in [2.24, 2.45) is 11.3 Å². The zero-order chi connectivity index (χ0) is 30.3. The van der Waals surface area contributed by atoms with Crippen LogP contribution in [0.4, 0.5) is 10.5 Å². The number of barbiturate groups is 1. The average molecular weight is 585 g/mol. The van der Waals surface area contributed by atoms with Crippen LogP contribution in [0.15, 0.2) is 65.5 Å². The fourth-order valence-corrected chi connectivity index (χ4v) is 6.97. The molecule has 6 rings (SSSR count). The summed E-state index contributed by atoms with van der Waals surface area (Å²) in [5.41, 5.74) is 1.47. The first-order chi connectivity index (χ1) is 20.8. The first-order valence-corrected chi connectivity index (χ1v) is 14.7. The zero-order valence-electron chi connectivity index (χ0n) is 24.7. The third kappa shape index (κ3) is 5.09. The van der Waals surface area contributed by atoms with Gasteiger partial charge in [0.05, 0.1) is 19.9 Å². The number of benzene rings is 2. The van der Waals surface area contributed by atoms with E-state index in [1.54, 1.807) is 49.6 Å². The van der Waals surface area contributed by atoms with E-state index in [1.165, 1.54) is 7.11 Å². The summed E-state index contributed by atoms with van der Waals surface area (Å²) in [6.45, 7) is 3.94. The number of pyridine rings is 1. The van der Waals surface area contributed by atoms with Crippen LogP contribution in [-0.4, -0.2) is 61.2 Å². The highest BCUT2D eigenvalue weighted by molar-refractivity contribution is 6.30. The van der Waals surface area contributed by atoms with Crippen LogP contribution in [0.1, 0.15) is 36.1 Å². The van der Waals surface area contributed by atoms with E-state index in [1.807, 2.05) is 29.7 Å². The van der Waals surface area contributed by atoms with Crippen molar-refractivity contribution in [3.8, 4) is 11.5 Å². The summed E-state index contributed by atoms with van der Waals surface area (Å²) in [4.78, 5) is 57.7. The fraction of sp³-hybridized carbons (Fsp3) is 0.394. The largest absolute Gasteiger partial charge is 0.497 e. The van der Waals surface area contributed by atoms with E-state index in [4.69, 9.17) is 9.47 Å². The van der Waals surface area contributed by atoms with Gasteiger partial charge in [-0.2, -0.15) is 0 Å². The van der Waals surface area contributed by atoms with Crippen molar-refractivity contribution < 1.29 is 23.9 Å². The number of nitrogens with zero attached hydrogens (tertiary/aromatic N) is 3. The van der Waals surface area contributed by atoms with Crippen LogP contribution >= 0.6 is 0 Å². The standard InChI is InChI=1S/C33H36N4O6/c1-4-21-8-11-25(12-9-21)37-31(40)33(30(39)34-32(37)41,16-23-10-13-26(42-2)15-28(23)43-3)20-35-17-22-14-24(19-35)27-6-5-7-29(38)36(27)18-22/h5-13,15,22,24H,4,14,16-20H2,1-3H3,(H,34,39,41). The van der Waals surface area contributed by atoms with Crippen molar-refractivity contribution in [1.29, 1.82) is 0 Å². The number of carbonyl (C=O) groups is 3. The van der Waals surface area contributed by atoms with Gasteiger partial charge in [-0.05, 0) is 54.2 Å². The number of amides is 4. The number of ether oxygens (including phenoxy) is 2. The Bertz CT molecular complexity index is 1630. The molecule has 10 nitrogen and oxygen atoms in total. The third-order valence-corrected chi connectivity index (χ3v) is 9.11. The molecule has 2 bridgehead atoms. The maximum absolute atomic E-state index is 14.6. The van der Waals surface area contributed by atoms with Gasteiger partial charge in [0, 0.05) is 56.3 Å². The summed E-state index contributed by atoms with van der Waals surface area (Å²) >= 11 is 0. The van der Waals surface area contributed by atoms with Crippen molar-refractivity contribution in [2.45, 2.75) is 38.6 Å². The molecule has 3 aromatic rings. The van der Waals surface area contributed by atoms with Crippen LogP contribution in [0.5, 0.6) is 11.5 Å². The molecule has 2 fully saturated rings. The van der Waals surface area contributed by atoms with Crippen molar-refractivity contribution >= 4 is 23.5 Å². The Morgan fingerprint density at radius 1 is 0.930 bits per heavy atom. The van der Waals surface area contributed by atoms with Gasteiger partial charge in [0.15, 0.2) is 0 Å². The lowest BCUT2D eigenvalue weighted by molar-refractivity contribution is -0.144. The van der Waals surface area contributed by atoms with E-state index in [0.717, 1.165) is 29.0 Å². The molecule has 3 aliphatic rings. The highest BCUT2D eigenvalue weighted by Gasteiger charge is 2.56. The normalized spacial score (nSPS) is 23.5. The minimum Gasteiger partial charge on any atom is -0.497 e. The van der Waals surface area contributed by atoms with Crippen LogP contribution in [-0.2, 0) is 29.0 Å². The molecule has 10 heteroatoms. The molecular formula is C33H36N4O6. The first-order valence-electron chi connectivity index (χ1n) is 14.7. The summed E-state index contributed by atoms with van der Waals surface area (Å²) in [7, 11) is 3.09. The third-order valence-electron chi connectivity index (χ3n) is 9.11. The number of hydrogen-bond donors (Lipinski definition) is 1. The smallest absolute Gasteiger partial charge is 0.335 e. The van der Waals surface area contributed by atoms with Gasteiger partial charge in [-0.1, -0.05) is 31.2 Å². The number of aromatic nitrogens is 1. The number of likely N-dealkylation sites (tertiary alicyclic amines) is 1. The van der Waals surface area contributed by atoms with Gasteiger partial charge >= 0.3 is 6.03 Å². The molecule has 0 spiro atoms. The molecule has 3 aliphatic heterocycles. The number of anilines is 1. The monoisotopic (exact) mass is 584 g/mol. The number of nitrogens with one attached hydrogen (secondary N) is 1. The number of rotatable bonds is 8. The Morgan fingerprint density at radius 3 is 2.44 bits per heavy atom. The topological polar surface area (TPSA) is 110 Å². The second kappa shape index (κ2) is 11.3. The molecule has 4 heterocycles. The van der Waals surface area contributed by atoms with E-state index in [9.17, 15) is 19.2 Å². The van der Waals surface area contributed by atoms with Crippen LogP contribution in [0, 0.1) is 11.3 Å². The lowest BCUT2D eigenvalue weighted by Crippen LogP contribution is -2.68. The number of fused-ring (bicyclic) bond motifs is 4. The Kier molecular flexibility index (Phi) is 7.56. The van der Waals surface area contributed by atoms with E-state index in [2.05, 4.69) is 10.2 Å². The number of carbonyl (C=O) groups excluding carboxylic acids is 3. The molecule has 43 heavy (non-hydrogen) atoms. The van der Waals surface area contributed by atoms with E-state index < -0.39 is 23.3 Å². The number of urea groups is 1. The van der Waals surface area contributed by atoms with Gasteiger partial charge in [-0.3, -0.25) is 19.7 Å². The van der Waals surface area contributed by atoms with Crippen LogP contribution in [0.25, 0.3) is 0 Å². The summed E-state index contributed by atoms with van der Waals surface area (Å²) in [5.74, 6) is 0.151. The Balaban J connectivity index is 1.40. The molecule has 1 N–H and O–H groups in total. The maximum Gasteiger partial charge on any atom is 0.335 e. The molecule has 2 saturated heterocycles. The Labute approximate surface area is 250 Å². The zero-order valence-corrected chi connectivity index (χ0v) is 24.7. The van der Waals surface area contributed by atoms with E-state index in [-0.39, 0.29) is 30.4 Å². The number of piperidine rings is 1. The van der Waals surface area contributed by atoms with Gasteiger partial charge in [-0.25, -0.2) is 9.69 Å². The molecule has 2 aromatic carbocycles. The number of hydrogen-bond acceptors (Lipinski definition) is 7. The lowest BCUT2D eigenvalue weighted by atomic mass is 9.75. The molecule has 4 amide bonds. The molecule has 3 unspecified atom stereocenters. The molecular weight excluding hydrogens is 548 g/mol. The number of aryl methyl sites for hydroxylation is 1. The lowest BCUT2D eigenvalue weighted by Gasteiger charge is -2.47. The van der Waals surface area contributed by atoms with Crippen LogP contribution < -0.4 is 25.2 Å². The van der Waals surface area contributed by atoms with Gasteiger partial charge < -0.3 is 18.9 Å². The summed E-state index contributed by atoms with van der Waals surface area (Å²) in [6, 6.07) is 17.1. The predicted octanol–water partition coefficient (Wildman–Crippen LogP) is 3.36. The van der Waals surface area contributed by atoms with Gasteiger partial charge in [-0.15, -0.1) is 0 Å². The number of imide groups is 2. The minimum atomic E-state index is -1.62. The van der Waals surface area contributed by atoms with Crippen LogP contribution in [0.3, 0.4) is 0 Å². The quantitative estimate of drug-likeness (QED) is 0.405. The maximum atomic E-state index is 14.6. The summed E-state index contributed by atoms with van der Waals surface area (Å²) in [5, 5.41) is 2.51. The van der Waals surface area contributed by atoms with Gasteiger partial charge in [0.25, 0.3) is 11.5 Å². The first kappa shape index (κ1) is 28.7. The Morgan fingerprint density at radius 2 is 1.72 bits per heavy atom. The predicted molar refractivity (Wildman–Crippen MR) is 161 cm³/mol. The molecule has 1 aromatic heterocycles. The van der Waals surface area contributed by atoms with Crippen molar-refractivity contribution in [3.63, 3.8) is 0 Å². The fourth-order valence-electron chi connectivity index (χ4n) is 6.97. The van der Waals surface area contributed by atoms with Crippen molar-refractivity contribution in [1.82, 2.24) is 14.8 Å².